The highest BCUT2D eigenvalue weighted by Gasteiger charge is 2.37. The van der Waals surface area contributed by atoms with Crippen LogP contribution in [0.5, 0.6) is 0 Å². The van der Waals surface area contributed by atoms with Crippen molar-refractivity contribution in [2.75, 3.05) is 0 Å². The van der Waals surface area contributed by atoms with Gasteiger partial charge in [-0.3, -0.25) is 4.79 Å². The number of primary amides is 1. The SMILES string of the molecule is Cn1c(C2CC(c3conc3C(N)=O)C2)nc2ccccc21. The molecule has 0 bridgehead atoms. The minimum atomic E-state index is -0.532. The summed E-state index contributed by atoms with van der Waals surface area (Å²) in [5.74, 6) is 1.21. The summed E-state index contributed by atoms with van der Waals surface area (Å²) in [5.41, 5.74) is 8.56. The van der Waals surface area contributed by atoms with E-state index in [9.17, 15) is 4.79 Å². The molecule has 0 unspecified atom stereocenters. The second kappa shape index (κ2) is 4.69. The van der Waals surface area contributed by atoms with Gasteiger partial charge in [0.05, 0.1) is 11.0 Å². The Hall–Kier alpha value is -2.63. The van der Waals surface area contributed by atoms with Crippen LogP contribution in [0.2, 0.25) is 0 Å². The number of nitrogens with zero attached hydrogens (tertiary/aromatic N) is 3. The van der Waals surface area contributed by atoms with Gasteiger partial charge in [-0.2, -0.15) is 0 Å². The maximum Gasteiger partial charge on any atom is 0.271 e. The first-order valence-electron chi connectivity index (χ1n) is 7.30. The summed E-state index contributed by atoms with van der Waals surface area (Å²) in [7, 11) is 2.05. The van der Waals surface area contributed by atoms with Crippen LogP contribution in [0.25, 0.3) is 11.0 Å². The lowest BCUT2D eigenvalue weighted by Gasteiger charge is -2.34. The van der Waals surface area contributed by atoms with Gasteiger partial charge in [0.2, 0.25) is 0 Å². The van der Waals surface area contributed by atoms with E-state index in [-0.39, 0.29) is 11.6 Å². The zero-order chi connectivity index (χ0) is 15.3. The van der Waals surface area contributed by atoms with E-state index in [1.807, 2.05) is 25.2 Å². The van der Waals surface area contributed by atoms with Gasteiger partial charge in [0.15, 0.2) is 5.69 Å². The fourth-order valence-corrected chi connectivity index (χ4v) is 3.33. The molecule has 2 N–H and O–H groups in total. The van der Waals surface area contributed by atoms with Crippen molar-refractivity contribution < 1.29 is 9.32 Å². The molecule has 6 nitrogen and oxygen atoms in total. The number of carbonyl (C=O) groups is 1. The van der Waals surface area contributed by atoms with Crippen molar-refractivity contribution in [1.29, 1.82) is 0 Å². The van der Waals surface area contributed by atoms with Crippen molar-refractivity contribution in [3.05, 3.63) is 47.6 Å². The second-order valence-electron chi connectivity index (χ2n) is 5.87. The molecule has 3 aromatic rings. The molecular weight excluding hydrogens is 280 g/mol. The van der Waals surface area contributed by atoms with E-state index < -0.39 is 5.91 Å². The van der Waals surface area contributed by atoms with Crippen LogP contribution < -0.4 is 5.73 Å². The Kier molecular flexibility index (Phi) is 2.79. The summed E-state index contributed by atoms with van der Waals surface area (Å²) in [5, 5.41) is 3.70. The molecule has 1 amide bonds. The molecule has 1 aliphatic rings. The van der Waals surface area contributed by atoms with Crippen molar-refractivity contribution >= 4 is 16.9 Å². The van der Waals surface area contributed by atoms with Gasteiger partial charge in [0.1, 0.15) is 12.1 Å². The first-order valence-corrected chi connectivity index (χ1v) is 7.30. The zero-order valence-electron chi connectivity index (χ0n) is 12.2. The van der Waals surface area contributed by atoms with Gasteiger partial charge < -0.3 is 14.8 Å². The number of fused-ring (bicyclic) bond motifs is 1. The minimum absolute atomic E-state index is 0.258. The Bertz CT molecular complexity index is 858. The molecule has 0 radical (unpaired) electrons. The number of aromatic nitrogens is 3. The smallest absolute Gasteiger partial charge is 0.271 e. The summed E-state index contributed by atoms with van der Waals surface area (Å²) in [6.45, 7) is 0. The van der Waals surface area contributed by atoms with E-state index in [0.717, 1.165) is 35.3 Å². The van der Waals surface area contributed by atoms with E-state index in [2.05, 4.69) is 15.8 Å². The molecule has 0 spiro atoms. The van der Waals surface area contributed by atoms with Crippen molar-refractivity contribution in [3.8, 4) is 0 Å². The van der Waals surface area contributed by atoms with Crippen molar-refractivity contribution in [1.82, 2.24) is 14.7 Å². The predicted molar refractivity (Wildman–Crippen MR) is 80.5 cm³/mol. The van der Waals surface area contributed by atoms with Crippen molar-refractivity contribution in [2.45, 2.75) is 24.7 Å². The van der Waals surface area contributed by atoms with Gasteiger partial charge in [0.25, 0.3) is 5.91 Å². The molecule has 1 aromatic carbocycles. The number of nitrogens with two attached hydrogens (primary N) is 1. The lowest BCUT2D eigenvalue weighted by Crippen LogP contribution is -2.25. The monoisotopic (exact) mass is 296 g/mol. The van der Waals surface area contributed by atoms with Crippen LogP contribution in [0.1, 0.15) is 46.6 Å². The third kappa shape index (κ3) is 1.83. The topological polar surface area (TPSA) is 86.9 Å². The quantitative estimate of drug-likeness (QED) is 0.803. The van der Waals surface area contributed by atoms with Crippen LogP contribution >= 0.6 is 0 Å². The minimum Gasteiger partial charge on any atom is -0.364 e. The maximum atomic E-state index is 11.3. The number of para-hydroxylation sites is 2. The Morgan fingerprint density at radius 2 is 2.09 bits per heavy atom. The van der Waals surface area contributed by atoms with E-state index in [1.165, 1.54) is 6.26 Å². The number of hydrogen-bond acceptors (Lipinski definition) is 4. The molecule has 112 valence electrons. The number of imidazole rings is 1. The van der Waals surface area contributed by atoms with Gasteiger partial charge in [-0.05, 0) is 30.9 Å². The van der Waals surface area contributed by atoms with E-state index in [1.54, 1.807) is 0 Å². The van der Waals surface area contributed by atoms with Gasteiger partial charge in [0, 0.05) is 18.5 Å². The molecule has 2 aromatic heterocycles. The average Bonchev–Trinajstić information content (AvgIpc) is 3.04. The molecule has 0 atom stereocenters. The number of hydrogen-bond donors (Lipinski definition) is 1. The molecule has 22 heavy (non-hydrogen) atoms. The van der Waals surface area contributed by atoms with Crippen LogP contribution in [0.15, 0.2) is 35.1 Å². The summed E-state index contributed by atoms with van der Waals surface area (Å²) in [6.07, 6.45) is 3.40. The summed E-state index contributed by atoms with van der Waals surface area (Å²) in [6, 6.07) is 8.12. The number of rotatable bonds is 3. The number of amides is 1. The van der Waals surface area contributed by atoms with Crippen LogP contribution in [0.4, 0.5) is 0 Å². The van der Waals surface area contributed by atoms with Crippen LogP contribution in [-0.4, -0.2) is 20.6 Å². The molecule has 0 aliphatic heterocycles. The van der Waals surface area contributed by atoms with Crippen LogP contribution in [0, 0.1) is 0 Å². The standard InChI is InChI=1S/C16H16N4O2/c1-20-13-5-3-2-4-12(13)18-16(20)10-6-9(7-10)11-8-22-19-14(11)15(17)21/h2-5,8-10H,6-7H2,1H3,(H2,17,21). The Morgan fingerprint density at radius 3 is 2.82 bits per heavy atom. The van der Waals surface area contributed by atoms with Crippen LogP contribution in [0.3, 0.4) is 0 Å². The summed E-state index contributed by atoms with van der Waals surface area (Å²) < 4.78 is 7.06. The van der Waals surface area contributed by atoms with E-state index in [0.29, 0.717) is 5.92 Å². The van der Waals surface area contributed by atoms with Gasteiger partial charge in [-0.25, -0.2) is 4.98 Å². The lowest BCUT2D eigenvalue weighted by atomic mass is 9.71. The van der Waals surface area contributed by atoms with Crippen LogP contribution in [-0.2, 0) is 7.05 Å². The zero-order valence-corrected chi connectivity index (χ0v) is 12.2. The normalized spacial score (nSPS) is 21.0. The number of carbonyl (C=O) groups excluding carboxylic acids is 1. The Balaban J connectivity index is 1.58. The molecule has 1 saturated carbocycles. The predicted octanol–water partition coefficient (Wildman–Crippen LogP) is 2.32. The molecule has 4 rings (SSSR count). The number of aryl methyl sites for hydroxylation is 1. The fraction of sp³-hybridized carbons (Fsp3) is 0.312. The molecule has 1 aliphatic carbocycles. The van der Waals surface area contributed by atoms with Crippen molar-refractivity contribution in [2.24, 2.45) is 12.8 Å². The number of benzene rings is 1. The second-order valence-corrected chi connectivity index (χ2v) is 5.87. The third-order valence-electron chi connectivity index (χ3n) is 4.60. The highest BCUT2D eigenvalue weighted by Crippen LogP contribution is 2.48. The summed E-state index contributed by atoms with van der Waals surface area (Å²) >= 11 is 0. The van der Waals surface area contributed by atoms with Gasteiger partial charge >= 0.3 is 0 Å². The largest absolute Gasteiger partial charge is 0.364 e. The van der Waals surface area contributed by atoms with Gasteiger partial charge in [-0.15, -0.1) is 0 Å². The van der Waals surface area contributed by atoms with Gasteiger partial charge in [-0.1, -0.05) is 17.3 Å². The van der Waals surface area contributed by atoms with E-state index >= 15 is 0 Å². The first kappa shape index (κ1) is 13.1. The Labute approximate surface area is 126 Å². The third-order valence-corrected chi connectivity index (χ3v) is 4.60. The summed E-state index contributed by atoms with van der Waals surface area (Å²) in [4.78, 5) is 16.1. The fourth-order valence-electron chi connectivity index (χ4n) is 3.33. The van der Waals surface area contributed by atoms with E-state index in [4.69, 9.17) is 15.2 Å². The lowest BCUT2D eigenvalue weighted by molar-refractivity contribution is 0.0989. The highest BCUT2D eigenvalue weighted by molar-refractivity contribution is 5.92. The first-order chi connectivity index (χ1) is 10.6. The molecule has 1 fully saturated rings. The molecule has 6 heteroatoms. The molecule has 2 heterocycles. The maximum absolute atomic E-state index is 11.3. The molecular formula is C16H16N4O2. The van der Waals surface area contributed by atoms with Crippen molar-refractivity contribution in [3.63, 3.8) is 0 Å². The average molecular weight is 296 g/mol. The Morgan fingerprint density at radius 1 is 1.32 bits per heavy atom. The highest BCUT2D eigenvalue weighted by atomic mass is 16.5. The molecule has 0 saturated heterocycles.